The lowest BCUT2D eigenvalue weighted by atomic mass is 10.1. The van der Waals surface area contributed by atoms with Crippen molar-refractivity contribution in [3.8, 4) is 0 Å². The highest BCUT2D eigenvalue weighted by Gasteiger charge is 2.19. The van der Waals surface area contributed by atoms with Crippen LogP contribution in [0.1, 0.15) is 23.4 Å². The van der Waals surface area contributed by atoms with Gasteiger partial charge in [0.05, 0.1) is 16.6 Å². The standard InChI is InChI=1S/C14H16ClN3OS/c1-9(12-7-4-8-20-12)18(2)11-6-3-5-10(15)13(11)14(16)17-19/h3-9,19H,1-2H3,(H2,16,17). The van der Waals surface area contributed by atoms with Crippen LogP contribution in [0.4, 0.5) is 5.69 Å². The number of hydrogen-bond acceptors (Lipinski definition) is 4. The molecular weight excluding hydrogens is 294 g/mol. The first-order valence-corrected chi connectivity index (χ1v) is 7.34. The predicted molar refractivity (Wildman–Crippen MR) is 85.1 cm³/mol. The number of nitrogens with two attached hydrogens (primary N) is 1. The monoisotopic (exact) mass is 309 g/mol. The molecule has 3 N–H and O–H groups in total. The Bertz CT molecular complexity index is 613. The molecule has 106 valence electrons. The molecule has 0 saturated carbocycles. The topological polar surface area (TPSA) is 61.8 Å². The number of halogens is 1. The van der Waals surface area contributed by atoms with Gasteiger partial charge in [0, 0.05) is 17.6 Å². The fourth-order valence-electron chi connectivity index (χ4n) is 2.04. The van der Waals surface area contributed by atoms with Crippen LogP contribution in [0.15, 0.2) is 40.9 Å². The Labute approximate surface area is 127 Å². The summed E-state index contributed by atoms with van der Waals surface area (Å²) in [5.74, 6) is 0.0100. The number of thiophene rings is 1. The lowest BCUT2D eigenvalue weighted by molar-refractivity contribution is 0.318. The van der Waals surface area contributed by atoms with E-state index >= 15 is 0 Å². The van der Waals surface area contributed by atoms with Crippen LogP contribution < -0.4 is 10.6 Å². The largest absolute Gasteiger partial charge is 0.409 e. The summed E-state index contributed by atoms with van der Waals surface area (Å²) in [4.78, 5) is 3.29. The van der Waals surface area contributed by atoms with Crippen molar-refractivity contribution in [2.24, 2.45) is 10.9 Å². The molecule has 4 nitrogen and oxygen atoms in total. The number of oxime groups is 1. The molecule has 1 atom stereocenters. The summed E-state index contributed by atoms with van der Waals surface area (Å²) in [6, 6.07) is 9.75. The normalized spacial score (nSPS) is 13.2. The first kappa shape index (κ1) is 14.7. The minimum Gasteiger partial charge on any atom is -0.409 e. The quantitative estimate of drug-likeness (QED) is 0.392. The average molecular weight is 310 g/mol. The second kappa shape index (κ2) is 6.15. The zero-order valence-electron chi connectivity index (χ0n) is 11.2. The van der Waals surface area contributed by atoms with Crippen LogP contribution in [0.3, 0.4) is 0 Å². The van der Waals surface area contributed by atoms with E-state index in [2.05, 4.69) is 23.0 Å². The summed E-state index contributed by atoms with van der Waals surface area (Å²) in [6.45, 7) is 2.10. The molecule has 0 radical (unpaired) electrons. The summed E-state index contributed by atoms with van der Waals surface area (Å²) in [5.41, 5.74) is 7.12. The second-order valence-corrected chi connectivity index (χ2v) is 5.81. The third-order valence-electron chi connectivity index (χ3n) is 3.27. The van der Waals surface area contributed by atoms with Gasteiger partial charge in [0.1, 0.15) is 0 Å². The van der Waals surface area contributed by atoms with E-state index in [1.165, 1.54) is 4.88 Å². The van der Waals surface area contributed by atoms with Crippen LogP contribution in [0.25, 0.3) is 0 Å². The highest BCUT2D eigenvalue weighted by molar-refractivity contribution is 7.10. The molecule has 0 aliphatic heterocycles. The summed E-state index contributed by atoms with van der Waals surface area (Å²) < 4.78 is 0. The van der Waals surface area contributed by atoms with Gasteiger partial charge in [-0.2, -0.15) is 0 Å². The Morgan fingerprint density at radius 1 is 1.40 bits per heavy atom. The molecule has 0 fully saturated rings. The zero-order valence-corrected chi connectivity index (χ0v) is 12.8. The molecule has 1 unspecified atom stereocenters. The zero-order chi connectivity index (χ0) is 14.7. The number of nitrogens with zero attached hydrogens (tertiary/aromatic N) is 2. The minimum absolute atomic E-state index is 0.0100. The molecule has 0 aliphatic carbocycles. The molecule has 0 saturated heterocycles. The molecule has 0 amide bonds. The molecule has 2 aromatic rings. The van der Waals surface area contributed by atoms with Gasteiger partial charge in [-0.3, -0.25) is 0 Å². The van der Waals surface area contributed by atoms with Crippen LogP contribution >= 0.6 is 22.9 Å². The maximum Gasteiger partial charge on any atom is 0.173 e. The van der Waals surface area contributed by atoms with Gasteiger partial charge in [0.2, 0.25) is 0 Å². The molecular formula is C14H16ClN3OS. The number of anilines is 1. The third kappa shape index (κ3) is 2.73. The van der Waals surface area contributed by atoms with Gasteiger partial charge in [0.25, 0.3) is 0 Å². The van der Waals surface area contributed by atoms with E-state index in [-0.39, 0.29) is 11.9 Å². The van der Waals surface area contributed by atoms with E-state index in [9.17, 15) is 0 Å². The number of rotatable bonds is 4. The van der Waals surface area contributed by atoms with Gasteiger partial charge in [-0.1, -0.05) is 28.9 Å². The first-order chi connectivity index (χ1) is 9.56. The number of hydrogen-bond donors (Lipinski definition) is 2. The summed E-state index contributed by atoms with van der Waals surface area (Å²) in [6.07, 6.45) is 0. The molecule has 1 aromatic heterocycles. The van der Waals surface area contributed by atoms with Gasteiger partial charge >= 0.3 is 0 Å². The minimum atomic E-state index is 0.0100. The van der Waals surface area contributed by atoms with Gasteiger partial charge in [-0.15, -0.1) is 11.3 Å². The van der Waals surface area contributed by atoms with Crippen LogP contribution in [-0.4, -0.2) is 18.1 Å². The summed E-state index contributed by atoms with van der Waals surface area (Å²) in [5, 5.41) is 14.5. The smallest absolute Gasteiger partial charge is 0.173 e. The number of amidine groups is 1. The van der Waals surface area contributed by atoms with Crippen LogP contribution in [-0.2, 0) is 0 Å². The van der Waals surface area contributed by atoms with E-state index in [1.54, 1.807) is 17.4 Å². The molecule has 20 heavy (non-hydrogen) atoms. The molecule has 6 heteroatoms. The second-order valence-electron chi connectivity index (χ2n) is 4.42. The van der Waals surface area contributed by atoms with E-state index in [0.717, 1.165) is 5.69 Å². The Morgan fingerprint density at radius 2 is 2.15 bits per heavy atom. The maximum atomic E-state index is 8.93. The Morgan fingerprint density at radius 3 is 2.75 bits per heavy atom. The van der Waals surface area contributed by atoms with Crippen LogP contribution in [0.5, 0.6) is 0 Å². The third-order valence-corrected chi connectivity index (χ3v) is 4.63. The van der Waals surface area contributed by atoms with E-state index in [0.29, 0.717) is 10.6 Å². The average Bonchev–Trinajstić information content (AvgIpc) is 2.98. The van der Waals surface area contributed by atoms with Gasteiger partial charge in [-0.25, -0.2) is 0 Å². The lowest BCUT2D eigenvalue weighted by Crippen LogP contribution is -2.25. The molecule has 1 aromatic carbocycles. The maximum absolute atomic E-state index is 8.93. The van der Waals surface area contributed by atoms with E-state index < -0.39 is 0 Å². The molecule has 0 bridgehead atoms. The highest BCUT2D eigenvalue weighted by Crippen LogP contribution is 2.33. The Balaban J connectivity index is 2.45. The lowest BCUT2D eigenvalue weighted by Gasteiger charge is -2.28. The summed E-state index contributed by atoms with van der Waals surface area (Å²) in [7, 11) is 1.96. The van der Waals surface area contributed by atoms with Crippen molar-refractivity contribution in [2.75, 3.05) is 11.9 Å². The van der Waals surface area contributed by atoms with Gasteiger partial charge in [-0.05, 0) is 30.5 Å². The van der Waals surface area contributed by atoms with Crippen molar-refractivity contribution in [1.29, 1.82) is 0 Å². The van der Waals surface area contributed by atoms with Crippen molar-refractivity contribution < 1.29 is 5.21 Å². The SMILES string of the molecule is CC(c1cccs1)N(C)c1cccc(Cl)c1C(N)=NO. The van der Waals surface area contributed by atoms with Crippen molar-refractivity contribution >= 4 is 34.5 Å². The van der Waals surface area contributed by atoms with Crippen LogP contribution in [0, 0.1) is 0 Å². The van der Waals surface area contributed by atoms with Gasteiger partial charge in [0.15, 0.2) is 5.84 Å². The van der Waals surface area contributed by atoms with Crippen molar-refractivity contribution in [1.82, 2.24) is 0 Å². The van der Waals surface area contributed by atoms with Crippen molar-refractivity contribution in [2.45, 2.75) is 13.0 Å². The van der Waals surface area contributed by atoms with Crippen LogP contribution in [0.2, 0.25) is 5.02 Å². The fraction of sp³-hybridized carbons (Fsp3) is 0.214. The Hall–Kier alpha value is -1.72. The molecule has 0 spiro atoms. The fourth-order valence-corrected chi connectivity index (χ4v) is 3.13. The highest BCUT2D eigenvalue weighted by atomic mass is 35.5. The van der Waals surface area contributed by atoms with Crippen molar-refractivity contribution in [3.63, 3.8) is 0 Å². The molecule has 1 heterocycles. The molecule has 2 rings (SSSR count). The predicted octanol–water partition coefficient (Wildman–Crippen LogP) is 3.69. The van der Waals surface area contributed by atoms with Gasteiger partial charge < -0.3 is 15.8 Å². The van der Waals surface area contributed by atoms with Crippen molar-refractivity contribution in [3.05, 3.63) is 51.2 Å². The summed E-state index contributed by atoms with van der Waals surface area (Å²) >= 11 is 7.87. The number of benzene rings is 1. The van der Waals surface area contributed by atoms with E-state index in [1.807, 2.05) is 30.6 Å². The first-order valence-electron chi connectivity index (χ1n) is 6.09. The molecule has 0 aliphatic rings. The van der Waals surface area contributed by atoms with E-state index in [4.69, 9.17) is 22.5 Å². The Kier molecular flexibility index (Phi) is 4.52.